The van der Waals surface area contributed by atoms with Crippen LogP contribution < -0.4 is 15.8 Å². The molecular weight excluding hydrogens is 460 g/mol. The molecule has 2 fully saturated rings. The van der Waals surface area contributed by atoms with E-state index in [9.17, 15) is 9.59 Å². The molecule has 0 saturated carbocycles. The Hall–Kier alpha value is -3.04. The fourth-order valence-electron chi connectivity index (χ4n) is 5.93. The molecule has 0 spiro atoms. The molecule has 3 aromatic rings. The zero-order valence-electron chi connectivity index (χ0n) is 19.7. The van der Waals surface area contributed by atoms with Crippen molar-refractivity contribution in [2.24, 2.45) is 5.92 Å². The molecule has 2 saturated heterocycles. The highest BCUT2D eigenvalue weighted by molar-refractivity contribution is 7.10. The minimum absolute atomic E-state index is 0.0833. The Bertz CT molecular complexity index is 1250. The Morgan fingerprint density at radius 3 is 2.69 bits per heavy atom. The number of hydrogen-bond donors (Lipinski definition) is 1. The number of carbonyl (C=O) groups is 1. The fourth-order valence-corrected chi connectivity index (χ4v) is 6.61. The van der Waals surface area contributed by atoms with Crippen LogP contribution in [0.3, 0.4) is 0 Å². The van der Waals surface area contributed by atoms with Gasteiger partial charge >= 0.3 is 0 Å². The van der Waals surface area contributed by atoms with E-state index >= 15 is 0 Å². The van der Waals surface area contributed by atoms with Crippen LogP contribution in [0.4, 0.5) is 5.00 Å². The van der Waals surface area contributed by atoms with E-state index in [1.807, 2.05) is 16.7 Å². The Balaban J connectivity index is 1.09. The quantitative estimate of drug-likeness (QED) is 0.592. The average Bonchev–Trinajstić information content (AvgIpc) is 3.37. The van der Waals surface area contributed by atoms with Crippen LogP contribution in [-0.4, -0.2) is 57.2 Å². The minimum atomic E-state index is -0.123. The van der Waals surface area contributed by atoms with Gasteiger partial charge in [0.2, 0.25) is 0 Å². The lowest BCUT2D eigenvalue weighted by molar-refractivity contribution is 0.0904. The molecule has 6 rings (SSSR count). The lowest BCUT2D eigenvalue weighted by Gasteiger charge is -2.43. The normalized spacial score (nSPS) is 22.6. The number of nitrogens with one attached hydrogen (secondary N) is 1. The Morgan fingerprint density at radius 2 is 1.86 bits per heavy atom. The molecule has 1 amide bonds. The Morgan fingerprint density at radius 1 is 1.03 bits per heavy atom. The van der Waals surface area contributed by atoms with E-state index in [-0.39, 0.29) is 23.4 Å². The minimum Gasteiger partial charge on any atom is -0.359 e. The summed E-state index contributed by atoms with van der Waals surface area (Å²) < 4.78 is 6.08. The average molecular weight is 491 g/mol. The van der Waals surface area contributed by atoms with Gasteiger partial charge in [-0.1, -0.05) is 40.9 Å². The second-order valence-corrected chi connectivity index (χ2v) is 10.8. The summed E-state index contributed by atoms with van der Waals surface area (Å²) in [4.78, 5) is 30.2. The van der Waals surface area contributed by atoms with Crippen LogP contribution in [0, 0.1) is 5.92 Å². The third kappa shape index (κ3) is 4.62. The van der Waals surface area contributed by atoms with Gasteiger partial charge in [0.15, 0.2) is 5.69 Å². The number of hydrogen-bond acceptors (Lipinski definition) is 7. The summed E-state index contributed by atoms with van der Waals surface area (Å²) in [6.45, 7) is 5.22. The molecule has 35 heavy (non-hydrogen) atoms. The van der Waals surface area contributed by atoms with Gasteiger partial charge in [-0.25, -0.2) is 0 Å². The first-order valence-corrected chi connectivity index (χ1v) is 13.3. The summed E-state index contributed by atoms with van der Waals surface area (Å²) in [5.74, 6) is 0.541. The Kier molecular flexibility index (Phi) is 6.12. The maximum absolute atomic E-state index is 13.2. The maximum Gasteiger partial charge on any atom is 0.275 e. The summed E-state index contributed by atoms with van der Waals surface area (Å²) >= 11 is 1.30. The second-order valence-electron chi connectivity index (χ2n) is 10.0. The van der Waals surface area contributed by atoms with E-state index in [1.54, 1.807) is 6.07 Å². The van der Waals surface area contributed by atoms with Gasteiger partial charge in [0.05, 0.1) is 0 Å². The number of fused-ring (bicyclic) bond motifs is 4. The van der Waals surface area contributed by atoms with E-state index in [0.29, 0.717) is 11.6 Å². The summed E-state index contributed by atoms with van der Waals surface area (Å²) in [5, 5.41) is 8.31. The van der Waals surface area contributed by atoms with Crippen molar-refractivity contribution in [2.45, 2.75) is 44.3 Å². The van der Waals surface area contributed by atoms with E-state index < -0.39 is 0 Å². The molecule has 3 aliphatic heterocycles. The first-order chi connectivity index (χ1) is 17.1. The highest BCUT2D eigenvalue weighted by Gasteiger charge is 2.37. The highest BCUT2D eigenvalue weighted by Crippen LogP contribution is 2.38. The monoisotopic (exact) mass is 490 g/mol. The molecule has 2 atom stereocenters. The third-order valence-corrected chi connectivity index (χ3v) is 8.41. The van der Waals surface area contributed by atoms with Crippen LogP contribution in [-0.2, 0) is 13.1 Å². The zero-order chi connectivity index (χ0) is 23.8. The van der Waals surface area contributed by atoms with Crippen molar-refractivity contribution in [3.05, 3.63) is 75.8 Å². The summed E-state index contributed by atoms with van der Waals surface area (Å²) in [7, 11) is 0. The van der Waals surface area contributed by atoms with Crippen molar-refractivity contribution < 1.29 is 4.79 Å². The summed E-state index contributed by atoms with van der Waals surface area (Å²) in [6.07, 6.45) is 2.95. The van der Waals surface area contributed by atoms with Crippen molar-refractivity contribution in [2.75, 3.05) is 31.1 Å². The molecule has 5 heterocycles. The molecule has 182 valence electrons. The van der Waals surface area contributed by atoms with Crippen LogP contribution >= 0.6 is 11.5 Å². The predicted molar refractivity (Wildman–Crippen MR) is 136 cm³/mol. The van der Waals surface area contributed by atoms with Crippen LogP contribution in [0.2, 0.25) is 0 Å². The molecule has 1 N–H and O–H groups in total. The van der Waals surface area contributed by atoms with Crippen molar-refractivity contribution in [3.8, 4) is 0 Å². The highest BCUT2D eigenvalue weighted by atomic mass is 32.1. The lowest BCUT2D eigenvalue weighted by Crippen LogP contribution is -2.48. The topological polar surface area (TPSA) is 83.4 Å². The standard InChI is InChI=1S/C26H30N6O2S/c33-23-8-4-7-22-20-13-19(16-32(22)23)15-31(17-20)26-24(28-29-35-26)25(34)27-21-9-11-30(12-10-21)14-18-5-2-1-3-6-18/h1-8,19-21H,9-17H2,(H,27,34)/t19-,20-/m0/s1. The first-order valence-electron chi connectivity index (χ1n) is 12.5. The van der Waals surface area contributed by atoms with Crippen molar-refractivity contribution in [1.82, 2.24) is 24.4 Å². The van der Waals surface area contributed by atoms with Crippen LogP contribution in [0.1, 0.15) is 46.9 Å². The number of pyridine rings is 1. The molecule has 0 radical (unpaired) electrons. The van der Waals surface area contributed by atoms with Gasteiger partial charge in [-0.2, -0.15) is 0 Å². The van der Waals surface area contributed by atoms with E-state index in [0.717, 1.165) is 69.2 Å². The number of benzene rings is 1. The van der Waals surface area contributed by atoms with Crippen LogP contribution in [0.15, 0.2) is 53.3 Å². The van der Waals surface area contributed by atoms with Crippen LogP contribution in [0.5, 0.6) is 0 Å². The van der Waals surface area contributed by atoms with E-state index in [2.05, 4.69) is 55.0 Å². The number of carbonyl (C=O) groups excluding carboxylic acids is 1. The largest absolute Gasteiger partial charge is 0.359 e. The smallest absolute Gasteiger partial charge is 0.275 e. The zero-order valence-corrected chi connectivity index (χ0v) is 20.5. The molecule has 0 aliphatic carbocycles. The van der Waals surface area contributed by atoms with Gasteiger partial charge < -0.3 is 14.8 Å². The van der Waals surface area contributed by atoms with Crippen molar-refractivity contribution in [3.63, 3.8) is 0 Å². The maximum atomic E-state index is 13.2. The number of nitrogens with zero attached hydrogens (tertiary/aromatic N) is 5. The molecule has 2 aromatic heterocycles. The third-order valence-electron chi connectivity index (χ3n) is 7.62. The van der Waals surface area contributed by atoms with E-state index in [1.165, 1.54) is 17.1 Å². The first kappa shape index (κ1) is 22.4. The molecule has 9 heteroatoms. The number of piperidine rings is 2. The van der Waals surface area contributed by atoms with Gasteiger partial charge in [0, 0.05) is 74.5 Å². The number of amides is 1. The Labute approximate surface area is 208 Å². The van der Waals surface area contributed by atoms with E-state index in [4.69, 9.17) is 0 Å². The van der Waals surface area contributed by atoms with Gasteiger partial charge in [-0.15, -0.1) is 5.10 Å². The van der Waals surface area contributed by atoms with Crippen LogP contribution in [0.25, 0.3) is 0 Å². The molecular formula is C26H30N6O2S. The molecule has 8 nitrogen and oxygen atoms in total. The summed E-state index contributed by atoms with van der Waals surface area (Å²) in [5.41, 5.74) is 2.95. The van der Waals surface area contributed by atoms with Crippen molar-refractivity contribution >= 4 is 22.4 Å². The molecule has 0 unspecified atom stereocenters. The molecule has 3 aliphatic rings. The van der Waals surface area contributed by atoms with Gasteiger partial charge in [0.25, 0.3) is 11.5 Å². The fraction of sp³-hybridized carbons (Fsp3) is 0.462. The predicted octanol–water partition coefficient (Wildman–Crippen LogP) is 2.72. The molecule has 1 aromatic carbocycles. The second kappa shape index (κ2) is 9.54. The van der Waals surface area contributed by atoms with Gasteiger partial charge in [-0.3, -0.25) is 14.5 Å². The SMILES string of the molecule is O=C(NC1CCN(Cc2ccccc2)CC1)c1nnsc1N1C[C@@H]2C[C@@H](C1)c1cccc(=O)n1C2. The molecule has 2 bridgehead atoms. The van der Waals surface area contributed by atoms with Gasteiger partial charge in [-0.05, 0) is 36.8 Å². The van der Waals surface area contributed by atoms with Gasteiger partial charge in [0.1, 0.15) is 5.00 Å². The summed E-state index contributed by atoms with van der Waals surface area (Å²) in [6, 6.07) is 16.2. The van der Waals surface area contributed by atoms with Crippen molar-refractivity contribution in [1.29, 1.82) is 0 Å². The lowest BCUT2D eigenvalue weighted by atomic mass is 9.83. The number of anilines is 1. The number of rotatable bonds is 5. The number of likely N-dealkylation sites (tertiary alicyclic amines) is 1. The number of aromatic nitrogens is 3.